The molecule has 1 aliphatic rings. The lowest BCUT2D eigenvalue weighted by Gasteiger charge is -2.34. The summed E-state index contributed by atoms with van der Waals surface area (Å²) in [6.45, 7) is 10.0. The molecule has 0 N–H and O–H groups in total. The predicted octanol–water partition coefficient (Wildman–Crippen LogP) is 2.24. The van der Waals surface area contributed by atoms with E-state index in [4.69, 9.17) is 0 Å². The lowest BCUT2D eigenvalue weighted by atomic mass is 9.87. The van der Waals surface area contributed by atoms with E-state index in [9.17, 15) is 23.3 Å². The number of carbonyl (C=O) groups is 1. The summed E-state index contributed by atoms with van der Waals surface area (Å²) in [4.78, 5) is 25.1. The molecule has 32 heavy (non-hydrogen) atoms. The third-order valence-electron chi connectivity index (χ3n) is 5.76. The van der Waals surface area contributed by atoms with Gasteiger partial charge in [0.05, 0.1) is 9.82 Å². The fraction of sp³-hybridized carbons (Fsp3) is 0.524. The summed E-state index contributed by atoms with van der Waals surface area (Å²) in [7, 11) is -3.65. The molecule has 0 bridgehead atoms. The van der Waals surface area contributed by atoms with Crippen LogP contribution in [0.2, 0.25) is 0 Å². The molecule has 0 spiro atoms. The highest BCUT2D eigenvalue weighted by molar-refractivity contribution is 7.89. The van der Waals surface area contributed by atoms with Crippen LogP contribution in [0, 0.1) is 24.0 Å². The van der Waals surface area contributed by atoms with Gasteiger partial charge < -0.3 is 4.90 Å². The summed E-state index contributed by atoms with van der Waals surface area (Å²) in [5, 5.41) is 15.3. The Morgan fingerprint density at radius 2 is 1.66 bits per heavy atom. The number of carbonyl (C=O) groups excluding carboxylic acids is 1. The Balaban J connectivity index is 1.65. The van der Waals surface area contributed by atoms with Gasteiger partial charge in [0, 0.05) is 26.2 Å². The topological polar surface area (TPSA) is 119 Å². The molecule has 1 amide bonds. The standard InChI is InChI=1S/C21H29N5O5S/c1-15-20(26(28)29)16(2)25(22-15)14-19(27)23-10-12-24(13-11-23)32(30,31)18-8-6-17(7-9-18)21(3,4)5/h6-9H,10-14H2,1-5H3. The highest BCUT2D eigenvalue weighted by atomic mass is 32.2. The maximum Gasteiger partial charge on any atom is 0.312 e. The van der Waals surface area contributed by atoms with Gasteiger partial charge in [-0.05, 0) is 37.0 Å². The fourth-order valence-corrected chi connectivity index (χ4v) is 5.21. The number of rotatable bonds is 5. The van der Waals surface area contributed by atoms with Crippen molar-refractivity contribution in [2.24, 2.45) is 0 Å². The number of aromatic nitrogens is 2. The first kappa shape index (κ1) is 23.9. The van der Waals surface area contributed by atoms with Crippen molar-refractivity contribution in [1.82, 2.24) is 19.0 Å². The number of aryl methyl sites for hydroxylation is 1. The van der Waals surface area contributed by atoms with E-state index in [0.29, 0.717) is 5.69 Å². The molecule has 0 aliphatic carbocycles. The highest BCUT2D eigenvalue weighted by Gasteiger charge is 2.31. The van der Waals surface area contributed by atoms with Gasteiger partial charge in [0.25, 0.3) is 0 Å². The first-order chi connectivity index (χ1) is 14.8. The molecule has 11 heteroatoms. The van der Waals surface area contributed by atoms with Crippen molar-refractivity contribution in [2.45, 2.75) is 51.5 Å². The smallest absolute Gasteiger partial charge is 0.312 e. The summed E-state index contributed by atoms with van der Waals surface area (Å²) >= 11 is 0. The van der Waals surface area contributed by atoms with Crippen molar-refractivity contribution in [3.05, 3.63) is 51.3 Å². The van der Waals surface area contributed by atoms with Crippen molar-refractivity contribution in [3.8, 4) is 0 Å². The number of amides is 1. The van der Waals surface area contributed by atoms with Crippen LogP contribution in [-0.2, 0) is 26.8 Å². The Bertz CT molecular complexity index is 1120. The molecular formula is C21H29N5O5S. The minimum Gasteiger partial charge on any atom is -0.338 e. The molecule has 0 radical (unpaired) electrons. The van der Waals surface area contributed by atoms with E-state index in [2.05, 4.69) is 25.9 Å². The molecule has 174 valence electrons. The van der Waals surface area contributed by atoms with Gasteiger partial charge in [-0.15, -0.1) is 0 Å². The van der Waals surface area contributed by atoms with E-state index < -0.39 is 14.9 Å². The maximum absolute atomic E-state index is 13.0. The number of piperazine rings is 1. The Morgan fingerprint density at radius 1 is 1.09 bits per heavy atom. The van der Waals surface area contributed by atoms with Crippen molar-refractivity contribution in [2.75, 3.05) is 26.2 Å². The molecule has 1 aromatic carbocycles. The van der Waals surface area contributed by atoms with Crippen LogP contribution >= 0.6 is 0 Å². The van der Waals surface area contributed by atoms with E-state index in [0.717, 1.165) is 5.56 Å². The van der Waals surface area contributed by atoms with Crippen LogP contribution in [0.25, 0.3) is 0 Å². The fourth-order valence-electron chi connectivity index (χ4n) is 3.79. The third-order valence-corrected chi connectivity index (χ3v) is 7.67. The lowest BCUT2D eigenvalue weighted by molar-refractivity contribution is -0.386. The van der Waals surface area contributed by atoms with E-state index in [1.165, 1.54) is 15.9 Å². The highest BCUT2D eigenvalue weighted by Crippen LogP contribution is 2.25. The summed E-state index contributed by atoms with van der Waals surface area (Å²) in [5.41, 5.74) is 1.47. The third kappa shape index (κ3) is 4.68. The van der Waals surface area contributed by atoms with Gasteiger partial charge in [-0.25, -0.2) is 8.42 Å². The maximum atomic E-state index is 13.0. The van der Waals surface area contributed by atoms with Crippen molar-refractivity contribution in [3.63, 3.8) is 0 Å². The first-order valence-electron chi connectivity index (χ1n) is 10.4. The molecule has 1 aromatic heterocycles. The molecule has 1 fully saturated rings. The zero-order valence-electron chi connectivity index (χ0n) is 19.0. The summed E-state index contributed by atoms with van der Waals surface area (Å²) in [5.74, 6) is -0.253. The summed E-state index contributed by atoms with van der Waals surface area (Å²) in [6, 6.07) is 6.92. The molecular weight excluding hydrogens is 434 g/mol. The van der Waals surface area contributed by atoms with Crippen LogP contribution in [0.15, 0.2) is 29.2 Å². The van der Waals surface area contributed by atoms with Crippen molar-refractivity contribution >= 4 is 21.6 Å². The zero-order chi connectivity index (χ0) is 23.8. The van der Waals surface area contributed by atoms with Gasteiger partial charge in [0.15, 0.2) is 0 Å². The number of hydrogen-bond donors (Lipinski definition) is 0. The summed E-state index contributed by atoms with van der Waals surface area (Å²) < 4.78 is 28.7. The zero-order valence-corrected chi connectivity index (χ0v) is 19.8. The predicted molar refractivity (Wildman–Crippen MR) is 119 cm³/mol. The second-order valence-electron chi connectivity index (χ2n) is 8.99. The Labute approximate surface area is 188 Å². The van der Waals surface area contributed by atoms with Gasteiger partial charge in [-0.3, -0.25) is 19.6 Å². The normalized spacial score (nSPS) is 15.7. The van der Waals surface area contributed by atoms with E-state index in [-0.39, 0.29) is 60.3 Å². The van der Waals surface area contributed by atoms with E-state index in [1.54, 1.807) is 24.0 Å². The Morgan fingerprint density at radius 3 is 2.12 bits per heavy atom. The molecule has 0 unspecified atom stereocenters. The largest absolute Gasteiger partial charge is 0.338 e. The van der Waals surface area contributed by atoms with E-state index in [1.807, 2.05) is 12.1 Å². The molecule has 0 atom stereocenters. The number of sulfonamides is 1. The number of nitro groups is 1. The number of benzene rings is 1. The van der Waals surface area contributed by atoms with Gasteiger partial charge in [-0.2, -0.15) is 9.40 Å². The van der Waals surface area contributed by atoms with Gasteiger partial charge in [0.1, 0.15) is 17.9 Å². The van der Waals surface area contributed by atoms with Crippen LogP contribution in [0.1, 0.15) is 37.7 Å². The second-order valence-corrected chi connectivity index (χ2v) is 10.9. The van der Waals surface area contributed by atoms with Crippen LogP contribution in [-0.4, -0.2) is 64.4 Å². The van der Waals surface area contributed by atoms with Crippen molar-refractivity contribution in [1.29, 1.82) is 0 Å². The molecule has 2 heterocycles. The van der Waals surface area contributed by atoms with Crippen LogP contribution in [0.3, 0.4) is 0 Å². The quantitative estimate of drug-likeness (QED) is 0.496. The molecule has 3 rings (SSSR count). The van der Waals surface area contributed by atoms with Crippen LogP contribution < -0.4 is 0 Å². The van der Waals surface area contributed by atoms with Crippen LogP contribution in [0.4, 0.5) is 5.69 Å². The van der Waals surface area contributed by atoms with Gasteiger partial charge >= 0.3 is 5.69 Å². The summed E-state index contributed by atoms with van der Waals surface area (Å²) in [6.07, 6.45) is 0. The molecule has 1 aliphatic heterocycles. The molecule has 2 aromatic rings. The lowest BCUT2D eigenvalue weighted by Crippen LogP contribution is -2.51. The monoisotopic (exact) mass is 463 g/mol. The molecule has 1 saturated heterocycles. The average Bonchev–Trinajstić information content (AvgIpc) is 3.00. The van der Waals surface area contributed by atoms with Gasteiger partial charge in [-0.1, -0.05) is 32.9 Å². The van der Waals surface area contributed by atoms with E-state index >= 15 is 0 Å². The number of hydrogen-bond acceptors (Lipinski definition) is 6. The molecule has 0 saturated carbocycles. The molecule has 10 nitrogen and oxygen atoms in total. The van der Waals surface area contributed by atoms with Gasteiger partial charge in [0.2, 0.25) is 15.9 Å². The Hall–Kier alpha value is -2.79. The van der Waals surface area contributed by atoms with Crippen LogP contribution in [0.5, 0.6) is 0 Å². The SMILES string of the molecule is Cc1nn(CC(=O)N2CCN(S(=O)(=O)c3ccc(C(C)(C)C)cc3)CC2)c(C)c1[N+](=O)[O-]. The second kappa shape index (κ2) is 8.62. The minimum absolute atomic E-state index is 0.0693. The average molecular weight is 464 g/mol. The Kier molecular flexibility index (Phi) is 6.43. The number of nitrogens with zero attached hydrogens (tertiary/aromatic N) is 5. The minimum atomic E-state index is -3.65. The first-order valence-corrected chi connectivity index (χ1v) is 11.8. The van der Waals surface area contributed by atoms with Crippen molar-refractivity contribution < 1.29 is 18.1 Å².